The van der Waals surface area contributed by atoms with Crippen molar-refractivity contribution in [1.82, 2.24) is 0 Å². The first-order valence-corrected chi connectivity index (χ1v) is 8.74. The lowest BCUT2D eigenvalue weighted by Crippen LogP contribution is -2.03. The summed E-state index contributed by atoms with van der Waals surface area (Å²) in [5, 5.41) is 1.12. The number of benzene rings is 1. The van der Waals surface area contributed by atoms with Crippen molar-refractivity contribution >= 4 is 16.2 Å². The average Bonchev–Trinajstić information content (AvgIpc) is 2.45. The summed E-state index contributed by atoms with van der Waals surface area (Å²) in [6.45, 7) is 2.45. The Hall–Kier alpha value is -1.13. The van der Waals surface area contributed by atoms with Gasteiger partial charge in [-0.2, -0.15) is 8.42 Å². The topological polar surface area (TPSA) is 43.4 Å². The molecule has 20 heavy (non-hydrogen) atoms. The van der Waals surface area contributed by atoms with Crippen LogP contribution in [0.2, 0.25) is 0 Å². The molecule has 112 valence electrons. The molecule has 0 fully saturated rings. The van der Waals surface area contributed by atoms with E-state index in [0.717, 1.165) is 30.2 Å². The van der Waals surface area contributed by atoms with E-state index >= 15 is 0 Å². The zero-order valence-electron chi connectivity index (χ0n) is 12.1. The summed E-state index contributed by atoms with van der Waals surface area (Å²) in [5.74, 6) is 0. The lowest BCUT2D eigenvalue weighted by Gasteiger charge is -2.02. The highest BCUT2D eigenvalue weighted by Gasteiger charge is 2.05. The van der Waals surface area contributed by atoms with Crippen LogP contribution in [0.25, 0.3) is 6.08 Å². The molecule has 0 unspecified atom stereocenters. The zero-order valence-corrected chi connectivity index (χ0v) is 12.9. The molecule has 0 saturated carbocycles. The summed E-state index contributed by atoms with van der Waals surface area (Å²) in [7, 11) is -3.56. The monoisotopic (exact) mass is 296 g/mol. The van der Waals surface area contributed by atoms with Gasteiger partial charge in [0.05, 0.1) is 12.0 Å². The lowest BCUT2D eigenvalue weighted by atomic mass is 10.1. The third-order valence-corrected chi connectivity index (χ3v) is 3.94. The Balaban J connectivity index is 2.23. The SMILES string of the molecule is CCCCCCCCOS(=O)(=O)C=Cc1ccccc1. The fourth-order valence-corrected chi connectivity index (χ4v) is 2.58. The molecule has 1 rings (SSSR count). The average molecular weight is 296 g/mol. The van der Waals surface area contributed by atoms with Gasteiger partial charge in [-0.3, -0.25) is 4.18 Å². The van der Waals surface area contributed by atoms with Crippen molar-refractivity contribution in [1.29, 1.82) is 0 Å². The van der Waals surface area contributed by atoms with Gasteiger partial charge in [-0.05, 0) is 18.1 Å². The van der Waals surface area contributed by atoms with E-state index < -0.39 is 10.1 Å². The second-order valence-corrected chi connectivity index (χ2v) is 6.29. The molecular weight excluding hydrogens is 272 g/mol. The van der Waals surface area contributed by atoms with Gasteiger partial charge in [0.2, 0.25) is 0 Å². The maximum Gasteiger partial charge on any atom is 0.290 e. The fraction of sp³-hybridized carbons (Fsp3) is 0.500. The van der Waals surface area contributed by atoms with Crippen LogP contribution in [0.3, 0.4) is 0 Å². The molecule has 0 spiro atoms. The highest BCUT2D eigenvalue weighted by molar-refractivity contribution is 7.89. The molecular formula is C16H24O3S. The van der Waals surface area contributed by atoms with Crippen LogP contribution in [-0.2, 0) is 14.3 Å². The van der Waals surface area contributed by atoms with E-state index in [1.807, 2.05) is 30.3 Å². The van der Waals surface area contributed by atoms with Gasteiger partial charge in [0, 0.05) is 0 Å². The summed E-state index contributed by atoms with van der Waals surface area (Å²) in [6, 6.07) is 9.31. The Morgan fingerprint density at radius 1 is 1.00 bits per heavy atom. The van der Waals surface area contributed by atoms with Crippen molar-refractivity contribution in [2.45, 2.75) is 45.4 Å². The van der Waals surface area contributed by atoms with Crippen LogP contribution in [0.1, 0.15) is 51.0 Å². The highest BCUT2D eigenvalue weighted by Crippen LogP contribution is 2.08. The van der Waals surface area contributed by atoms with E-state index in [1.54, 1.807) is 6.08 Å². The maximum absolute atomic E-state index is 11.6. The molecule has 0 amide bonds. The van der Waals surface area contributed by atoms with E-state index in [9.17, 15) is 8.42 Å². The molecule has 0 heterocycles. The molecule has 0 aliphatic carbocycles. The first kappa shape index (κ1) is 16.9. The van der Waals surface area contributed by atoms with Crippen molar-refractivity contribution in [3.63, 3.8) is 0 Å². The molecule has 0 saturated heterocycles. The number of rotatable bonds is 10. The van der Waals surface area contributed by atoms with Crippen LogP contribution in [-0.4, -0.2) is 15.0 Å². The molecule has 0 radical (unpaired) electrons. The first-order chi connectivity index (χ1) is 9.64. The van der Waals surface area contributed by atoms with Crippen LogP contribution in [0.5, 0.6) is 0 Å². The number of unbranched alkanes of at least 4 members (excludes halogenated alkanes) is 5. The van der Waals surface area contributed by atoms with Crippen molar-refractivity contribution in [3.05, 3.63) is 41.3 Å². The van der Waals surface area contributed by atoms with Crippen LogP contribution in [0.4, 0.5) is 0 Å². The smallest absolute Gasteiger partial charge is 0.267 e. The molecule has 0 atom stereocenters. The van der Waals surface area contributed by atoms with Crippen LogP contribution < -0.4 is 0 Å². The van der Waals surface area contributed by atoms with Gasteiger partial charge in [-0.15, -0.1) is 0 Å². The van der Waals surface area contributed by atoms with Gasteiger partial charge in [-0.1, -0.05) is 69.4 Å². The number of hydrogen-bond donors (Lipinski definition) is 0. The van der Waals surface area contributed by atoms with Crippen LogP contribution in [0, 0.1) is 0 Å². The predicted octanol–water partition coefficient (Wildman–Crippen LogP) is 4.36. The standard InChI is InChI=1S/C16H24O3S/c1-2-3-4-5-6-10-14-19-20(17,18)15-13-16-11-8-7-9-12-16/h7-9,11-13,15H,2-6,10,14H2,1H3. The van der Waals surface area contributed by atoms with E-state index in [-0.39, 0.29) is 6.61 Å². The molecule has 0 N–H and O–H groups in total. The largest absolute Gasteiger partial charge is 0.290 e. The van der Waals surface area contributed by atoms with E-state index in [0.29, 0.717) is 0 Å². The van der Waals surface area contributed by atoms with Gasteiger partial charge in [0.15, 0.2) is 0 Å². The minimum absolute atomic E-state index is 0.271. The summed E-state index contributed by atoms with van der Waals surface area (Å²) in [5.41, 5.74) is 0.847. The Bertz CT molecular complexity index is 478. The molecule has 3 nitrogen and oxygen atoms in total. The van der Waals surface area contributed by atoms with E-state index in [2.05, 4.69) is 6.92 Å². The highest BCUT2D eigenvalue weighted by atomic mass is 32.2. The Labute approximate surface area is 122 Å². The van der Waals surface area contributed by atoms with Crippen molar-refractivity contribution < 1.29 is 12.6 Å². The summed E-state index contributed by atoms with van der Waals surface area (Å²) < 4.78 is 28.2. The first-order valence-electron chi connectivity index (χ1n) is 7.26. The zero-order chi connectivity index (χ0) is 14.7. The molecule has 0 aliphatic rings. The van der Waals surface area contributed by atoms with Crippen LogP contribution >= 0.6 is 0 Å². The second kappa shape index (κ2) is 9.72. The lowest BCUT2D eigenvalue weighted by molar-refractivity contribution is 0.312. The Kier molecular flexibility index (Phi) is 8.23. The van der Waals surface area contributed by atoms with Crippen molar-refractivity contribution in [2.75, 3.05) is 6.61 Å². The summed E-state index contributed by atoms with van der Waals surface area (Å²) >= 11 is 0. The molecule has 1 aromatic rings. The third kappa shape index (κ3) is 8.12. The second-order valence-electron chi connectivity index (χ2n) is 4.80. The minimum Gasteiger partial charge on any atom is -0.267 e. The molecule has 0 aliphatic heterocycles. The molecule has 1 aromatic carbocycles. The Morgan fingerprint density at radius 2 is 1.65 bits per heavy atom. The maximum atomic E-state index is 11.6. The predicted molar refractivity (Wildman–Crippen MR) is 83.7 cm³/mol. The summed E-state index contributed by atoms with van der Waals surface area (Å²) in [4.78, 5) is 0. The summed E-state index contributed by atoms with van der Waals surface area (Å²) in [6.07, 6.45) is 8.21. The van der Waals surface area contributed by atoms with E-state index in [1.165, 1.54) is 19.3 Å². The normalized spacial score (nSPS) is 12.1. The quantitative estimate of drug-likeness (QED) is 0.476. The van der Waals surface area contributed by atoms with Gasteiger partial charge >= 0.3 is 0 Å². The van der Waals surface area contributed by atoms with Crippen molar-refractivity contribution in [2.24, 2.45) is 0 Å². The van der Waals surface area contributed by atoms with Gasteiger partial charge in [0.25, 0.3) is 10.1 Å². The van der Waals surface area contributed by atoms with Gasteiger partial charge in [-0.25, -0.2) is 0 Å². The van der Waals surface area contributed by atoms with Gasteiger partial charge in [0.1, 0.15) is 0 Å². The van der Waals surface area contributed by atoms with Crippen LogP contribution in [0.15, 0.2) is 35.7 Å². The van der Waals surface area contributed by atoms with E-state index in [4.69, 9.17) is 4.18 Å². The number of hydrogen-bond acceptors (Lipinski definition) is 3. The minimum atomic E-state index is -3.56. The van der Waals surface area contributed by atoms with Crippen molar-refractivity contribution in [3.8, 4) is 0 Å². The fourth-order valence-electron chi connectivity index (χ4n) is 1.82. The Morgan fingerprint density at radius 3 is 2.35 bits per heavy atom. The molecule has 0 bridgehead atoms. The third-order valence-electron chi connectivity index (χ3n) is 2.97. The molecule has 4 heteroatoms. The molecule has 0 aromatic heterocycles. The van der Waals surface area contributed by atoms with Gasteiger partial charge < -0.3 is 0 Å².